The fourth-order valence-electron chi connectivity index (χ4n) is 3.81. The molecule has 2 unspecified atom stereocenters. The Morgan fingerprint density at radius 1 is 1.25 bits per heavy atom. The standard InChI is InChI=1S/C21H32O3/c1-4-21(5-2)20(24-21)11-8-16(3)12-14-22-18-10-9-17-7-6-13-23-19(17)15-18/h9-10,15-16,20H,4-8,11-14H2,1-3H3. The van der Waals surface area contributed by atoms with Crippen LogP contribution in [0.5, 0.6) is 11.5 Å². The van der Waals surface area contributed by atoms with Crippen LogP contribution >= 0.6 is 0 Å². The number of fused-ring (bicyclic) bond motifs is 1. The zero-order valence-electron chi connectivity index (χ0n) is 15.5. The van der Waals surface area contributed by atoms with Gasteiger partial charge in [0.25, 0.3) is 0 Å². The molecule has 0 aliphatic carbocycles. The smallest absolute Gasteiger partial charge is 0.126 e. The second kappa shape index (κ2) is 7.77. The van der Waals surface area contributed by atoms with E-state index >= 15 is 0 Å². The van der Waals surface area contributed by atoms with Crippen molar-refractivity contribution in [2.75, 3.05) is 13.2 Å². The predicted molar refractivity (Wildman–Crippen MR) is 97.0 cm³/mol. The average Bonchev–Trinajstić information content (AvgIpc) is 3.34. The van der Waals surface area contributed by atoms with E-state index in [-0.39, 0.29) is 5.60 Å². The molecule has 2 aliphatic heterocycles. The van der Waals surface area contributed by atoms with Gasteiger partial charge in [-0.25, -0.2) is 0 Å². The summed E-state index contributed by atoms with van der Waals surface area (Å²) in [5.41, 5.74) is 1.51. The molecule has 1 saturated heterocycles. The van der Waals surface area contributed by atoms with Gasteiger partial charge in [0.1, 0.15) is 11.5 Å². The quantitative estimate of drug-likeness (QED) is 0.586. The number of hydrogen-bond acceptors (Lipinski definition) is 3. The molecule has 1 fully saturated rings. The summed E-state index contributed by atoms with van der Waals surface area (Å²) < 4.78 is 17.6. The molecule has 0 N–H and O–H groups in total. The Balaban J connectivity index is 1.36. The Morgan fingerprint density at radius 2 is 2.08 bits per heavy atom. The van der Waals surface area contributed by atoms with Crippen molar-refractivity contribution in [3.63, 3.8) is 0 Å². The van der Waals surface area contributed by atoms with E-state index in [9.17, 15) is 0 Å². The fraction of sp³-hybridized carbons (Fsp3) is 0.714. The number of aryl methyl sites for hydroxylation is 1. The van der Waals surface area contributed by atoms with E-state index < -0.39 is 0 Å². The Morgan fingerprint density at radius 3 is 2.83 bits per heavy atom. The lowest BCUT2D eigenvalue weighted by Crippen LogP contribution is -2.13. The first-order chi connectivity index (χ1) is 11.7. The second-order valence-corrected chi connectivity index (χ2v) is 7.42. The highest BCUT2D eigenvalue weighted by molar-refractivity contribution is 5.41. The lowest BCUT2D eigenvalue weighted by Gasteiger charge is -2.18. The van der Waals surface area contributed by atoms with Gasteiger partial charge >= 0.3 is 0 Å². The average molecular weight is 332 g/mol. The highest BCUT2D eigenvalue weighted by Crippen LogP contribution is 2.45. The van der Waals surface area contributed by atoms with E-state index in [1.165, 1.54) is 18.4 Å². The van der Waals surface area contributed by atoms with Crippen LogP contribution in [-0.2, 0) is 11.2 Å². The molecule has 0 radical (unpaired) electrons. The van der Waals surface area contributed by atoms with Crippen LogP contribution in [0.1, 0.15) is 64.9 Å². The van der Waals surface area contributed by atoms with Gasteiger partial charge in [-0.15, -0.1) is 0 Å². The van der Waals surface area contributed by atoms with Crippen molar-refractivity contribution in [3.05, 3.63) is 23.8 Å². The largest absolute Gasteiger partial charge is 0.493 e. The van der Waals surface area contributed by atoms with E-state index in [1.807, 2.05) is 6.07 Å². The van der Waals surface area contributed by atoms with Crippen LogP contribution in [0.3, 0.4) is 0 Å². The minimum absolute atomic E-state index is 0.208. The van der Waals surface area contributed by atoms with Crippen LogP contribution < -0.4 is 9.47 Å². The minimum Gasteiger partial charge on any atom is -0.493 e. The molecule has 3 heteroatoms. The van der Waals surface area contributed by atoms with Gasteiger partial charge in [-0.2, -0.15) is 0 Å². The van der Waals surface area contributed by atoms with Gasteiger partial charge in [-0.3, -0.25) is 0 Å². The minimum atomic E-state index is 0.208. The molecule has 0 aromatic heterocycles. The number of benzene rings is 1. The Bertz CT molecular complexity index is 536. The van der Waals surface area contributed by atoms with Gasteiger partial charge in [-0.1, -0.05) is 26.8 Å². The van der Waals surface area contributed by atoms with Gasteiger partial charge in [0, 0.05) is 6.07 Å². The van der Waals surface area contributed by atoms with Crippen molar-refractivity contribution in [1.29, 1.82) is 0 Å². The Labute approximate surface area is 146 Å². The SMILES string of the molecule is CCC1(CC)OC1CCC(C)CCOc1ccc2c(c1)OCCC2. The van der Waals surface area contributed by atoms with Crippen LogP contribution in [0.25, 0.3) is 0 Å². The Hall–Kier alpha value is -1.22. The zero-order chi connectivity index (χ0) is 17.0. The molecular weight excluding hydrogens is 300 g/mol. The van der Waals surface area contributed by atoms with E-state index in [0.717, 1.165) is 56.8 Å². The van der Waals surface area contributed by atoms with Crippen LogP contribution in [0.15, 0.2) is 18.2 Å². The molecule has 1 aromatic rings. The molecule has 2 atom stereocenters. The third-order valence-electron chi connectivity index (χ3n) is 5.79. The summed E-state index contributed by atoms with van der Waals surface area (Å²) in [6.45, 7) is 8.40. The van der Waals surface area contributed by atoms with Crippen LogP contribution in [0.2, 0.25) is 0 Å². The van der Waals surface area contributed by atoms with E-state index in [4.69, 9.17) is 14.2 Å². The van der Waals surface area contributed by atoms with Crippen molar-refractivity contribution >= 4 is 0 Å². The lowest BCUT2D eigenvalue weighted by molar-refractivity contribution is 0.260. The maximum atomic E-state index is 5.94. The number of ether oxygens (including phenoxy) is 3. The molecule has 0 saturated carbocycles. The molecule has 0 spiro atoms. The van der Waals surface area contributed by atoms with Gasteiger partial charge in [0.15, 0.2) is 0 Å². The highest BCUT2D eigenvalue weighted by atomic mass is 16.6. The maximum absolute atomic E-state index is 5.94. The lowest BCUT2D eigenvalue weighted by atomic mass is 9.93. The predicted octanol–water partition coefficient (Wildman–Crippen LogP) is 5.15. The highest BCUT2D eigenvalue weighted by Gasteiger charge is 2.52. The number of rotatable bonds is 9. The molecule has 2 heterocycles. The molecule has 0 bridgehead atoms. The summed E-state index contributed by atoms with van der Waals surface area (Å²) >= 11 is 0. The monoisotopic (exact) mass is 332 g/mol. The molecule has 0 amide bonds. The van der Waals surface area contributed by atoms with Crippen molar-refractivity contribution in [1.82, 2.24) is 0 Å². The summed E-state index contributed by atoms with van der Waals surface area (Å²) in [7, 11) is 0. The summed E-state index contributed by atoms with van der Waals surface area (Å²) in [5, 5.41) is 0. The van der Waals surface area contributed by atoms with Crippen LogP contribution in [0.4, 0.5) is 0 Å². The molecule has 3 nitrogen and oxygen atoms in total. The Kier molecular flexibility index (Phi) is 5.70. The summed E-state index contributed by atoms with van der Waals surface area (Å²) in [6, 6.07) is 6.27. The third kappa shape index (κ3) is 4.05. The normalized spacial score (nSPS) is 22.4. The van der Waals surface area contributed by atoms with Crippen molar-refractivity contribution in [2.45, 2.75) is 77.4 Å². The molecule has 24 heavy (non-hydrogen) atoms. The number of epoxide rings is 1. The third-order valence-corrected chi connectivity index (χ3v) is 5.79. The van der Waals surface area contributed by atoms with Gasteiger partial charge in [-0.05, 0) is 62.5 Å². The second-order valence-electron chi connectivity index (χ2n) is 7.42. The summed E-state index contributed by atoms with van der Waals surface area (Å²) in [6.07, 6.45) is 8.53. The maximum Gasteiger partial charge on any atom is 0.126 e. The molecule has 134 valence electrons. The first kappa shape index (κ1) is 17.6. The molecular formula is C21H32O3. The molecule has 3 rings (SSSR count). The van der Waals surface area contributed by atoms with Gasteiger partial charge < -0.3 is 14.2 Å². The number of hydrogen-bond donors (Lipinski definition) is 0. The fourth-order valence-corrected chi connectivity index (χ4v) is 3.81. The summed E-state index contributed by atoms with van der Waals surface area (Å²) in [5.74, 6) is 2.62. The topological polar surface area (TPSA) is 31.0 Å². The van der Waals surface area contributed by atoms with Gasteiger partial charge in [0.2, 0.25) is 0 Å². The van der Waals surface area contributed by atoms with E-state index in [2.05, 4.69) is 32.9 Å². The van der Waals surface area contributed by atoms with Gasteiger partial charge in [0.05, 0.1) is 24.9 Å². The summed E-state index contributed by atoms with van der Waals surface area (Å²) in [4.78, 5) is 0. The van der Waals surface area contributed by atoms with Crippen molar-refractivity contribution in [2.24, 2.45) is 5.92 Å². The van der Waals surface area contributed by atoms with E-state index in [1.54, 1.807) is 0 Å². The first-order valence-corrected chi connectivity index (χ1v) is 9.73. The first-order valence-electron chi connectivity index (χ1n) is 9.73. The van der Waals surface area contributed by atoms with Crippen LogP contribution in [0, 0.1) is 5.92 Å². The zero-order valence-corrected chi connectivity index (χ0v) is 15.5. The van der Waals surface area contributed by atoms with Crippen molar-refractivity contribution in [3.8, 4) is 11.5 Å². The van der Waals surface area contributed by atoms with Crippen molar-refractivity contribution < 1.29 is 14.2 Å². The van der Waals surface area contributed by atoms with Crippen LogP contribution in [-0.4, -0.2) is 24.9 Å². The molecule has 2 aliphatic rings. The van der Waals surface area contributed by atoms with E-state index in [0.29, 0.717) is 12.0 Å². The molecule has 1 aromatic carbocycles.